The van der Waals surface area contributed by atoms with Crippen molar-refractivity contribution in [3.8, 4) is 0 Å². The van der Waals surface area contributed by atoms with E-state index in [4.69, 9.17) is 0 Å². The van der Waals surface area contributed by atoms with Gasteiger partial charge >= 0.3 is 5.97 Å². The number of ether oxygens (including phenoxy) is 1. The third-order valence-electron chi connectivity index (χ3n) is 3.43. The molecule has 0 saturated heterocycles. The summed E-state index contributed by atoms with van der Waals surface area (Å²) in [5.41, 5.74) is 1.74. The van der Waals surface area contributed by atoms with Gasteiger partial charge in [-0.2, -0.15) is 0 Å². The van der Waals surface area contributed by atoms with Crippen LogP contribution >= 0.6 is 0 Å². The van der Waals surface area contributed by atoms with Crippen molar-refractivity contribution >= 4 is 23.3 Å². The van der Waals surface area contributed by atoms with E-state index in [2.05, 4.69) is 10.1 Å². The molecule has 2 aromatic carbocycles. The first-order valence-electron chi connectivity index (χ1n) is 7.13. The number of carbonyl (C=O) groups excluding carboxylic acids is 2. The molecule has 1 amide bonds. The van der Waals surface area contributed by atoms with Crippen molar-refractivity contribution in [1.29, 1.82) is 0 Å². The molecule has 0 saturated carbocycles. The van der Waals surface area contributed by atoms with Gasteiger partial charge in [-0.15, -0.1) is 0 Å². The lowest BCUT2D eigenvalue weighted by atomic mass is 10.1. The normalized spacial score (nSPS) is 10.1. The SMILES string of the molecule is COC(=O)Cc1cccc(NC(=O)c2ccc(C)c([N+](=O)[O-])c2)c1. The number of methoxy groups -OCH3 is 1. The van der Waals surface area contributed by atoms with Gasteiger partial charge in [0.1, 0.15) is 0 Å². The van der Waals surface area contributed by atoms with Crippen LogP contribution in [0.5, 0.6) is 0 Å². The van der Waals surface area contributed by atoms with Gasteiger partial charge in [-0.05, 0) is 30.7 Å². The van der Waals surface area contributed by atoms with Crippen molar-refractivity contribution in [1.82, 2.24) is 0 Å². The van der Waals surface area contributed by atoms with Gasteiger partial charge in [-0.1, -0.05) is 18.2 Å². The summed E-state index contributed by atoms with van der Waals surface area (Å²) in [5.74, 6) is -0.846. The summed E-state index contributed by atoms with van der Waals surface area (Å²) in [6.07, 6.45) is 0.0935. The second-order valence-corrected chi connectivity index (χ2v) is 5.17. The van der Waals surface area contributed by atoms with Gasteiger partial charge in [0.05, 0.1) is 18.5 Å². The molecule has 0 spiro atoms. The number of nitro benzene ring substituents is 1. The Kier molecular flexibility index (Phi) is 5.26. The average Bonchev–Trinajstić information content (AvgIpc) is 2.55. The summed E-state index contributed by atoms with van der Waals surface area (Å²) in [6.45, 7) is 1.61. The third-order valence-corrected chi connectivity index (χ3v) is 3.43. The van der Waals surface area contributed by atoms with Gasteiger partial charge in [0.15, 0.2) is 0 Å². The number of hydrogen-bond acceptors (Lipinski definition) is 5. The summed E-state index contributed by atoms with van der Waals surface area (Å²) in [4.78, 5) is 34.0. The molecule has 24 heavy (non-hydrogen) atoms. The van der Waals surface area contributed by atoms with Gasteiger partial charge in [0, 0.05) is 22.9 Å². The van der Waals surface area contributed by atoms with Crippen LogP contribution in [0, 0.1) is 17.0 Å². The quantitative estimate of drug-likeness (QED) is 0.517. The highest BCUT2D eigenvalue weighted by Crippen LogP contribution is 2.20. The smallest absolute Gasteiger partial charge is 0.309 e. The van der Waals surface area contributed by atoms with Crippen LogP contribution in [0.2, 0.25) is 0 Å². The summed E-state index contributed by atoms with van der Waals surface area (Å²) < 4.78 is 4.60. The maximum atomic E-state index is 12.3. The van der Waals surface area contributed by atoms with Crippen molar-refractivity contribution in [2.45, 2.75) is 13.3 Å². The Balaban J connectivity index is 2.18. The minimum Gasteiger partial charge on any atom is -0.469 e. The topological polar surface area (TPSA) is 98.5 Å². The predicted octanol–water partition coefficient (Wildman–Crippen LogP) is 2.87. The van der Waals surface area contributed by atoms with Gasteiger partial charge in [0.2, 0.25) is 0 Å². The number of anilines is 1. The number of aryl methyl sites for hydroxylation is 1. The Morgan fingerprint density at radius 2 is 1.96 bits per heavy atom. The molecule has 0 heterocycles. The van der Waals surface area contributed by atoms with Crippen molar-refractivity contribution < 1.29 is 19.2 Å². The number of amides is 1. The first-order valence-corrected chi connectivity index (χ1v) is 7.13. The third kappa shape index (κ3) is 4.16. The molecule has 0 aliphatic carbocycles. The molecule has 2 rings (SSSR count). The molecule has 0 radical (unpaired) electrons. The summed E-state index contributed by atoms with van der Waals surface area (Å²) in [7, 11) is 1.30. The number of carbonyl (C=O) groups is 2. The Morgan fingerprint density at radius 1 is 1.21 bits per heavy atom. The lowest BCUT2D eigenvalue weighted by Crippen LogP contribution is -2.13. The fraction of sp³-hybridized carbons (Fsp3) is 0.176. The van der Waals surface area contributed by atoms with Crippen molar-refractivity contribution in [3.05, 3.63) is 69.3 Å². The van der Waals surface area contributed by atoms with Crippen molar-refractivity contribution in [2.75, 3.05) is 12.4 Å². The molecular formula is C17H16N2O5. The number of nitrogens with one attached hydrogen (secondary N) is 1. The van der Waals surface area contributed by atoms with E-state index in [1.807, 2.05) is 0 Å². The number of nitro groups is 1. The van der Waals surface area contributed by atoms with E-state index >= 15 is 0 Å². The van der Waals surface area contributed by atoms with Gasteiger partial charge in [-0.3, -0.25) is 19.7 Å². The summed E-state index contributed by atoms with van der Waals surface area (Å²) in [5, 5.41) is 13.6. The summed E-state index contributed by atoms with van der Waals surface area (Å²) in [6, 6.07) is 11.0. The molecule has 0 aliphatic rings. The molecular weight excluding hydrogens is 312 g/mol. The van der Waals surface area contributed by atoms with Crippen LogP contribution in [0.4, 0.5) is 11.4 Å². The standard InChI is InChI=1S/C17H16N2O5/c1-11-6-7-13(10-15(11)19(22)23)17(21)18-14-5-3-4-12(8-14)9-16(20)24-2/h3-8,10H,9H2,1-2H3,(H,18,21). The van der Waals surface area contributed by atoms with Gasteiger partial charge in [-0.25, -0.2) is 0 Å². The fourth-order valence-corrected chi connectivity index (χ4v) is 2.15. The minimum atomic E-state index is -0.525. The monoisotopic (exact) mass is 328 g/mol. The highest BCUT2D eigenvalue weighted by Gasteiger charge is 2.15. The Bertz CT molecular complexity index is 801. The number of rotatable bonds is 5. The highest BCUT2D eigenvalue weighted by atomic mass is 16.6. The lowest BCUT2D eigenvalue weighted by molar-refractivity contribution is -0.385. The van der Waals surface area contributed by atoms with E-state index in [0.717, 1.165) is 0 Å². The maximum absolute atomic E-state index is 12.3. The van der Waals surface area contributed by atoms with E-state index in [-0.39, 0.29) is 23.6 Å². The number of hydrogen-bond donors (Lipinski definition) is 1. The van der Waals surface area contributed by atoms with Crippen LogP contribution in [0.1, 0.15) is 21.5 Å². The molecule has 7 heteroatoms. The van der Waals surface area contributed by atoms with Crippen LogP contribution in [0.25, 0.3) is 0 Å². The molecule has 0 aliphatic heterocycles. The Labute approximate surface area is 138 Å². The van der Waals surface area contributed by atoms with Gasteiger partial charge in [0.25, 0.3) is 11.6 Å². The van der Waals surface area contributed by atoms with E-state index in [1.165, 1.54) is 25.3 Å². The van der Waals surface area contributed by atoms with Crippen LogP contribution in [-0.2, 0) is 16.0 Å². The predicted molar refractivity (Wildman–Crippen MR) is 87.9 cm³/mol. The van der Waals surface area contributed by atoms with E-state index in [0.29, 0.717) is 16.8 Å². The first-order chi connectivity index (χ1) is 11.4. The molecule has 0 bridgehead atoms. The molecule has 0 unspecified atom stereocenters. The molecule has 7 nitrogen and oxygen atoms in total. The average molecular weight is 328 g/mol. The van der Waals surface area contributed by atoms with Gasteiger partial charge < -0.3 is 10.1 Å². The highest BCUT2D eigenvalue weighted by molar-refractivity contribution is 6.04. The Morgan fingerprint density at radius 3 is 2.62 bits per heavy atom. The van der Waals surface area contributed by atoms with Crippen LogP contribution < -0.4 is 5.32 Å². The summed E-state index contributed by atoms with van der Waals surface area (Å²) >= 11 is 0. The minimum absolute atomic E-state index is 0.0935. The zero-order valence-electron chi connectivity index (χ0n) is 13.2. The van der Waals surface area contributed by atoms with E-state index < -0.39 is 10.8 Å². The van der Waals surface area contributed by atoms with Crippen molar-refractivity contribution in [2.24, 2.45) is 0 Å². The molecule has 0 aromatic heterocycles. The van der Waals surface area contributed by atoms with E-state index in [9.17, 15) is 19.7 Å². The second-order valence-electron chi connectivity index (χ2n) is 5.17. The zero-order valence-corrected chi connectivity index (χ0v) is 13.2. The Hall–Kier alpha value is -3.22. The first kappa shape index (κ1) is 17.1. The number of esters is 1. The molecule has 124 valence electrons. The molecule has 0 atom stereocenters. The second kappa shape index (κ2) is 7.36. The fourth-order valence-electron chi connectivity index (χ4n) is 2.15. The van der Waals surface area contributed by atoms with Crippen LogP contribution in [-0.4, -0.2) is 23.9 Å². The number of benzene rings is 2. The number of nitrogens with zero attached hydrogens (tertiary/aromatic N) is 1. The molecule has 1 N–H and O–H groups in total. The van der Waals surface area contributed by atoms with Crippen LogP contribution in [0.15, 0.2) is 42.5 Å². The van der Waals surface area contributed by atoms with E-state index in [1.54, 1.807) is 31.2 Å². The van der Waals surface area contributed by atoms with Crippen molar-refractivity contribution in [3.63, 3.8) is 0 Å². The lowest BCUT2D eigenvalue weighted by Gasteiger charge is -2.08. The maximum Gasteiger partial charge on any atom is 0.309 e. The molecule has 0 fully saturated rings. The van der Waals surface area contributed by atoms with Crippen LogP contribution in [0.3, 0.4) is 0 Å². The largest absolute Gasteiger partial charge is 0.469 e. The molecule has 2 aromatic rings. The zero-order chi connectivity index (χ0) is 17.7.